The third-order valence-electron chi connectivity index (χ3n) is 4.76. The van der Waals surface area contributed by atoms with E-state index in [-0.39, 0.29) is 17.8 Å². The van der Waals surface area contributed by atoms with Crippen molar-refractivity contribution in [3.05, 3.63) is 65.3 Å². The first-order chi connectivity index (χ1) is 14.0. The molecule has 1 unspecified atom stereocenters. The number of nitrogens with one attached hydrogen (secondary N) is 4. The predicted octanol–water partition coefficient (Wildman–Crippen LogP) is -0.0876. The van der Waals surface area contributed by atoms with Crippen molar-refractivity contribution in [3.63, 3.8) is 0 Å². The topological polar surface area (TPSA) is 136 Å². The van der Waals surface area contributed by atoms with Gasteiger partial charge in [-0.1, -0.05) is 6.07 Å². The number of aliphatic hydroxyl groups excluding tert-OH is 1. The van der Waals surface area contributed by atoms with Gasteiger partial charge in [0.25, 0.3) is 5.91 Å². The van der Waals surface area contributed by atoms with E-state index in [1.165, 1.54) is 6.08 Å². The molecular weight excluding hydrogens is 374 g/mol. The standard InChI is InChI=1S/C20H23N5O4/c1-22-17(18(27)25-20(12-26)6-8-24-19(20)28)15-9-14(4-5-16(15)21)29-11-13-3-2-7-23-10-13/h2-5,7,9-10,21-22,26H,6,8,11-12H2,1H3,(H,24,28)(H,25,27)/b17-15-,21-16?. The maximum atomic E-state index is 12.8. The van der Waals surface area contributed by atoms with Crippen LogP contribution in [0.4, 0.5) is 0 Å². The van der Waals surface area contributed by atoms with Gasteiger partial charge in [0.1, 0.15) is 23.6 Å². The fourth-order valence-corrected chi connectivity index (χ4v) is 3.10. The molecule has 1 aliphatic carbocycles. The minimum Gasteiger partial charge on any atom is -0.489 e. The number of hydrogen-bond donors (Lipinski definition) is 5. The highest BCUT2D eigenvalue weighted by atomic mass is 16.5. The molecule has 1 aromatic heterocycles. The molecule has 9 heteroatoms. The summed E-state index contributed by atoms with van der Waals surface area (Å²) in [6.45, 7) is 0.152. The minimum absolute atomic E-state index is 0.106. The lowest BCUT2D eigenvalue weighted by atomic mass is 9.97. The van der Waals surface area contributed by atoms with Crippen molar-refractivity contribution in [2.24, 2.45) is 0 Å². The van der Waals surface area contributed by atoms with Crippen molar-refractivity contribution in [2.75, 3.05) is 20.2 Å². The number of carbonyl (C=O) groups is 2. The van der Waals surface area contributed by atoms with Gasteiger partial charge in [-0.2, -0.15) is 0 Å². The van der Waals surface area contributed by atoms with Crippen LogP contribution in [0.2, 0.25) is 0 Å². The number of nitrogens with zero attached hydrogens (tertiary/aromatic N) is 1. The zero-order chi connectivity index (χ0) is 20.9. The molecule has 152 valence electrons. The van der Waals surface area contributed by atoms with Gasteiger partial charge in [0.15, 0.2) is 0 Å². The van der Waals surface area contributed by atoms with E-state index in [1.807, 2.05) is 12.1 Å². The number of likely N-dealkylation sites (N-methyl/N-ethyl adjacent to an activating group) is 1. The Balaban J connectivity index is 1.81. The molecule has 0 aromatic carbocycles. The summed E-state index contributed by atoms with van der Waals surface area (Å²) in [7, 11) is 1.55. The fourth-order valence-electron chi connectivity index (χ4n) is 3.10. The number of allylic oxidation sites excluding steroid dienone is 4. The van der Waals surface area contributed by atoms with Gasteiger partial charge in [0.05, 0.1) is 12.3 Å². The molecule has 2 heterocycles. The molecule has 1 fully saturated rings. The summed E-state index contributed by atoms with van der Waals surface area (Å²) < 4.78 is 5.75. The third kappa shape index (κ3) is 4.35. The van der Waals surface area contributed by atoms with Gasteiger partial charge in [-0.15, -0.1) is 0 Å². The summed E-state index contributed by atoms with van der Waals surface area (Å²) in [6.07, 6.45) is 8.42. The monoisotopic (exact) mass is 397 g/mol. The number of ether oxygens (including phenoxy) is 1. The highest BCUT2D eigenvalue weighted by molar-refractivity contribution is 6.15. The summed E-state index contributed by atoms with van der Waals surface area (Å²) >= 11 is 0. The van der Waals surface area contributed by atoms with Gasteiger partial charge in [-0.05, 0) is 30.7 Å². The summed E-state index contributed by atoms with van der Waals surface area (Å²) in [5.41, 5.74) is 0.0638. The number of hydrogen-bond acceptors (Lipinski definition) is 7. The van der Waals surface area contributed by atoms with Crippen LogP contribution in [0.3, 0.4) is 0 Å². The van der Waals surface area contributed by atoms with Crippen LogP contribution in [-0.2, 0) is 20.9 Å². The van der Waals surface area contributed by atoms with Crippen LogP contribution in [-0.4, -0.2) is 53.4 Å². The van der Waals surface area contributed by atoms with E-state index in [2.05, 4.69) is 20.9 Å². The summed E-state index contributed by atoms with van der Waals surface area (Å²) in [6, 6.07) is 3.69. The lowest BCUT2D eigenvalue weighted by molar-refractivity contribution is -0.131. The van der Waals surface area contributed by atoms with E-state index >= 15 is 0 Å². The molecule has 0 saturated carbocycles. The Labute approximate surface area is 168 Å². The lowest BCUT2D eigenvalue weighted by Gasteiger charge is -2.26. The quantitative estimate of drug-likeness (QED) is 0.408. The first kappa shape index (κ1) is 20.3. The average Bonchev–Trinajstić information content (AvgIpc) is 3.10. The predicted molar refractivity (Wildman–Crippen MR) is 106 cm³/mol. The Kier molecular flexibility index (Phi) is 6.08. The Morgan fingerprint density at radius 3 is 2.90 bits per heavy atom. The Hall–Kier alpha value is -3.46. The van der Waals surface area contributed by atoms with Crippen LogP contribution >= 0.6 is 0 Å². The van der Waals surface area contributed by atoms with Gasteiger partial charge in [0.2, 0.25) is 5.91 Å². The largest absolute Gasteiger partial charge is 0.489 e. The SMILES string of the molecule is CN/C(C(=O)NC1(CO)CCNC1=O)=C1/C=C(OCc2cccnc2)C=CC1=N. The lowest BCUT2D eigenvalue weighted by Crippen LogP contribution is -2.57. The zero-order valence-corrected chi connectivity index (χ0v) is 16.0. The summed E-state index contributed by atoms with van der Waals surface area (Å²) in [4.78, 5) is 29.0. The van der Waals surface area contributed by atoms with E-state index in [1.54, 1.807) is 31.6 Å². The van der Waals surface area contributed by atoms with Crippen LogP contribution in [0.25, 0.3) is 0 Å². The van der Waals surface area contributed by atoms with Crippen LogP contribution in [0.5, 0.6) is 0 Å². The van der Waals surface area contributed by atoms with Crippen molar-refractivity contribution >= 4 is 17.5 Å². The number of aromatic nitrogens is 1. The zero-order valence-electron chi connectivity index (χ0n) is 16.0. The smallest absolute Gasteiger partial charge is 0.268 e. The molecule has 3 rings (SSSR count). The van der Waals surface area contributed by atoms with Gasteiger partial charge < -0.3 is 31.2 Å². The normalized spacial score (nSPS) is 22.6. The second-order valence-electron chi connectivity index (χ2n) is 6.68. The first-order valence-corrected chi connectivity index (χ1v) is 9.13. The van der Waals surface area contributed by atoms with Crippen LogP contribution in [0, 0.1) is 5.41 Å². The van der Waals surface area contributed by atoms with E-state index in [9.17, 15) is 14.7 Å². The molecule has 29 heavy (non-hydrogen) atoms. The molecule has 0 bridgehead atoms. The third-order valence-corrected chi connectivity index (χ3v) is 4.76. The summed E-state index contributed by atoms with van der Waals surface area (Å²) in [5.74, 6) is -0.532. The van der Waals surface area contributed by atoms with Gasteiger partial charge in [-0.25, -0.2) is 0 Å². The molecule has 1 aromatic rings. The van der Waals surface area contributed by atoms with Gasteiger partial charge in [0, 0.05) is 37.1 Å². The van der Waals surface area contributed by atoms with E-state index in [0.717, 1.165) is 5.56 Å². The van der Waals surface area contributed by atoms with Crippen molar-refractivity contribution in [1.29, 1.82) is 5.41 Å². The fraction of sp³-hybridized carbons (Fsp3) is 0.300. The first-order valence-electron chi connectivity index (χ1n) is 9.13. The van der Waals surface area contributed by atoms with Crippen LogP contribution < -0.4 is 16.0 Å². The van der Waals surface area contributed by atoms with E-state index < -0.39 is 24.0 Å². The number of rotatable bonds is 7. The average molecular weight is 397 g/mol. The second kappa shape index (κ2) is 8.70. The highest BCUT2D eigenvalue weighted by Gasteiger charge is 2.43. The number of pyridine rings is 1. The Morgan fingerprint density at radius 2 is 2.28 bits per heavy atom. The van der Waals surface area contributed by atoms with Crippen LogP contribution in [0.1, 0.15) is 12.0 Å². The molecule has 2 aliphatic rings. The number of amides is 2. The molecule has 0 radical (unpaired) electrons. The Bertz CT molecular complexity index is 907. The highest BCUT2D eigenvalue weighted by Crippen LogP contribution is 2.20. The second-order valence-corrected chi connectivity index (χ2v) is 6.68. The number of aliphatic hydroxyl groups is 1. The molecule has 0 spiro atoms. The molecular formula is C20H23N5O4. The molecule has 1 saturated heterocycles. The van der Waals surface area contributed by atoms with Crippen molar-refractivity contribution < 1.29 is 19.4 Å². The van der Waals surface area contributed by atoms with E-state index in [0.29, 0.717) is 24.5 Å². The molecule has 2 amide bonds. The van der Waals surface area contributed by atoms with E-state index in [4.69, 9.17) is 10.1 Å². The van der Waals surface area contributed by atoms with Gasteiger partial charge in [-0.3, -0.25) is 14.6 Å². The molecule has 9 nitrogen and oxygen atoms in total. The Morgan fingerprint density at radius 1 is 1.45 bits per heavy atom. The minimum atomic E-state index is -1.37. The van der Waals surface area contributed by atoms with Gasteiger partial charge >= 0.3 is 0 Å². The summed E-state index contributed by atoms with van der Waals surface area (Å²) in [5, 5.41) is 25.9. The maximum absolute atomic E-state index is 12.8. The maximum Gasteiger partial charge on any atom is 0.268 e. The van der Waals surface area contributed by atoms with Crippen molar-refractivity contribution in [3.8, 4) is 0 Å². The molecule has 5 N–H and O–H groups in total. The number of carbonyl (C=O) groups excluding carboxylic acids is 2. The molecule has 1 aliphatic heterocycles. The molecule has 1 atom stereocenters. The van der Waals surface area contributed by atoms with Crippen molar-refractivity contribution in [2.45, 2.75) is 18.6 Å². The van der Waals surface area contributed by atoms with Crippen LogP contribution in [0.15, 0.2) is 59.8 Å². The van der Waals surface area contributed by atoms with Crippen molar-refractivity contribution in [1.82, 2.24) is 20.9 Å².